The second-order valence-electron chi connectivity index (χ2n) is 4.61. The standard InChI is InChI=1S/C14H13ClN2O2/c1-17(11-6-4-10(15)5-7-11)14(19)12(8-16)13(18)9-2-3-9/h4-7,9,12H,2-3H2,1H3. The van der Waals surface area contributed by atoms with Crippen LogP contribution in [0.4, 0.5) is 5.69 Å². The number of halogens is 1. The first-order chi connectivity index (χ1) is 9.04. The van der Waals surface area contributed by atoms with Gasteiger partial charge >= 0.3 is 0 Å². The molecule has 0 aliphatic heterocycles. The van der Waals surface area contributed by atoms with Gasteiger partial charge in [0.2, 0.25) is 0 Å². The number of benzene rings is 1. The SMILES string of the molecule is CN(C(=O)C(C#N)C(=O)C1CC1)c1ccc(Cl)cc1. The molecule has 5 heteroatoms. The summed E-state index contributed by atoms with van der Waals surface area (Å²) >= 11 is 5.78. The van der Waals surface area contributed by atoms with Crippen molar-refractivity contribution in [2.24, 2.45) is 11.8 Å². The summed E-state index contributed by atoms with van der Waals surface area (Å²) in [6.45, 7) is 0. The quantitative estimate of drug-likeness (QED) is 0.794. The maximum atomic E-state index is 12.2. The van der Waals surface area contributed by atoms with Crippen LogP contribution in [0.15, 0.2) is 24.3 Å². The monoisotopic (exact) mass is 276 g/mol. The van der Waals surface area contributed by atoms with Gasteiger partial charge in [0.1, 0.15) is 0 Å². The Morgan fingerprint density at radius 3 is 2.42 bits per heavy atom. The fraction of sp³-hybridized carbons (Fsp3) is 0.357. The Morgan fingerprint density at radius 2 is 1.95 bits per heavy atom. The Kier molecular flexibility index (Phi) is 3.87. The minimum Gasteiger partial charge on any atom is -0.314 e. The number of amides is 1. The minimum absolute atomic E-state index is 0.104. The molecule has 1 saturated carbocycles. The zero-order chi connectivity index (χ0) is 14.0. The average molecular weight is 277 g/mol. The third-order valence-electron chi connectivity index (χ3n) is 3.18. The van der Waals surface area contributed by atoms with E-state index in [4.69, 9.17) is 16.9 Å². The van der Waals surface area contributed by atoms with Gasteiger partial charge in [0.15, 0.2) is 11.7 Å². The van der Waals surface area contributed by atoms with E-state index in [2.05, 4.69) is 0 Å². The molecule has 0 N–H and O–H groups in total. The number of anilines is 1. The summed E-state index contributed by atoms with van der Waals surface area (Å²) in [5.41, 5.74) is 0.609. The van der Waals surface area contributed by atoms with Gasteiger partial charge in [0, 0.05) is 23.7 Å². The van der Waals surface area contributed by atoms with Crippen LogP contribution in [0.2, 0.25) is 5.02 Å². The molecule has 1 aromatic carbocycles. The predicted octanol–water partition coefficient (Wildman–Crippen LogP) is 2.42. The number of hydrogen-bond donors (Lipinski definition) is 0. The molecule has 1 fully saturated rings. The Morgan fingerprint density at radius 1 is 1.37 bits per heavy atom. The van der Waals surface area contributed by atoms with Gasteiger partial charge in [-0.05, 0) is 37.1 Å². The van der Waals surface area contributed by atoms with Gasteiger partial charge in [-0.25, -0.2) is 0 Å². The molecule has 1 unspecified atom stereocenters. The number of rotatable bonds is 4. The number of carbonyl (C=O) groups is 2. The van der Waals surface area contributed by atoms with Gasteiger partial charge in [-0.3, -0.25) is 9.59 Å². The number of Topliss-reactive ketones (excluding diaryl/α,β-unsaturated/α-hetero) is 1. The van der Waals surface area contributed by atoms with E-state index in [0.29, 0.717) is 10.7 Å². The topological polar surface area (TPSA) is 61.2 Å². The predicted molar refractivity (Wildman–Crippen MR) is 71.7 cm³/mol. The average Bonchev–Trinajstić information content (AvgIpc) is 3.23. The smallest absolute Gasteiger partial charge is 0.251 e. The third kappa shape index (κ3) is 2.94. The maximum Gasteiger partial charge on any atom is 0.251 e. The molecule has 4 nitrogen and oxygen atoms in total. The van der Waals surface area contributed by atoms with Crippen LogP contribution in [0, 0.1) is 23.2 Å². The fourth-order valence-electron chi connectivity index (χ4n) is 1.83. The molecule has 1 atom stereocenters. The number of nitrogens with zero attached hydrogens (tertiary/aromatic N) is 2. The summed E-state index contributed by atoms with van der Waals surface area (Å²) in [6, 6.07) is 8.49. The first-order valence-electron chi connectivity index (χ1n) is 6.01. The van der Waals surface area contributed by atoms with Crippen molar-refractivity contribution in [1.82, 2.24) is 0 Å². The molecule has 1 aliphatic carbocycles. The Labute approximate surface area is 116 Å². The van der Waals surface area contributed by atoms with Gasteiger partial charge in [0.25, 0.3) is 5.91 Å². The molecule has 1 aromatic rings. The summed E-state index contributed by atoms with van der Waals surface area (Å²) in [7, 11) is 1.55. The molecule has 0 heterocycles. The van der Waals surface area contributed by atoms with Crippen LogP contribution in [0.1, 0.15) is 12.8 Å². The largest absolute Gasteiger partial charge is 0.314 e. The van der Waals surface area contributed by atoms with Crippen LogP contribution in [-0.2, 0) is 9.59 Å². The van der Waals surface area contributed by atoms with Crippen molar-refractivity contribution >= 4 is 29.0 Å². The second-order valence-corrected chi connectivity index (χ2v) is 5.05. The van der Waals surface area contributed by atoms with Crippen LogP contribution in [0.5, 0.6) is 0 Å². The lowest BCUT2D eigenvalue weighted by atomic mass is 10.0. The highest BCUT2D eigenvalue weighted by Gasteiger charge is 2.39. The zero-order valence-corrected chi connectivity index (χ0v) is 11.2. The highest BCUT2D eigenvalue weighted by atomic mass is 35.5. The Hall–Kier alpha value is -1.86. The van der Waals surface area contributed by atoms with Crippen LogP contribution in [-0.4, -0.2) is 18.7 Å². The molecule has 2 rings (SSSR count). The second kappa shape index (κ2) is 5.41. The first kappa shape index (κ1) is 13.6. The summed E-state index contributed by atoms with van der Waals surface area (Å²) < 4.78 is 0. The lowest BCUT2D eigenvalue weighted by Gasteiger charge is -2.19. The number of ketones is 1. The van der Waals surface area contributed by atoms with Crippen molar-refractivity contribution in [3.05, 3.63) is 29.3 Å². The van der Waals surface area contributed by atoms with E-state index in [0.717, 1.165) is 12.8 Å². The van der Waals surface area contributed by atoms with E-state index in [1.165, 1.54) is 4.90 Å². The number of carbonyl (C=O) groups excluding carboxylic acids is 2. The molecule has 0 aromatic heterocycles. The molecule has 1 amide bonds. The molecular weight excluding hydrogens is 264 g/mol. The van der Waals surface area contributed by atoms with E-state index in [1.54, 1.807) is 31.3 Å². The highest BCUT2D eigenvalue weighted by molar-refractivity contribution is 6.30. The Balaban J connectivity index is 2.15. The van der Waals surface area contributed by atoms with Crippen LogP contribution < -0.4 is 4.90 Å². The van der Waals surface area contributed by atoms with Crippen molar-refractivity contribution in [3.63, 3.8) is 0 Å². The van der Waals surface area contributed by atoms with Crippen molar-refractivity contribution in [1.29, 1.82) is 5.26 Å². The minimum atomic E-state index is -1.20. The van der Waals surface area contributed by atoms with E-state index < -0.39 is 11.8 Å². The van der Waals surface area contributed by atoms with Gasteiger partial charge in [0.05, 0.1) is 6.07 Å². The summed E-state index contributed by atoms with van der Waals surface area (Å²) in [5.74, 6) is -2.05. The molecule has 0 saturated heterocycles. The molecule has 98 valence electrons. The third-order valence-corrected chi connectivity index (χ3v) is 3.44. The molecule has 19 heavy (non-hydrogen) atoms. The molecule has 0 bridgehead atoms. The lowest BCUT2D eigenvalue weighted by molar-refractivity contribution is -0.130. The van der Waals surface area contributed by atoms with Crippen molar-refractivity contribution in [3.8, 4) is 6.07 Å². The van der Waals surface area contributed by atoms with E-state index in [9.17, 15) is 9.59 Å². The molecule has 0 spiro atoms. The zero-order valence-electron chi connectivity index (χ0n) is 10.5. The van der Waals surface area contributed by atoms with Gasteiger partial charge in [-0.15, -0.1) is 0 Å². The lowest BCUT2D eigenvalue weighted by Crippen LogP contribution is -2.36. The van der Waals surface area contributed by atoms with Crippen molar-refractivity contribution in [2.45, 2.75) is 12.8 Å². The molecular formula is C14H13ClN2O2. The van der Waals surface area contributed by atoms with E-state index in [-0.39, 0.29) is 11.7 Å². The number of nitriles is 1. The number of hydrogen-bond acceptors (Lipinski definition) is 3. The summed E-state index contributed by atoms with van der Waals surface area (Å²) in [5, 5.41) is 9.61. The fourth-order valence-corrected chi connectivity index (χ4v) is 1.96. The van der Waals surface area contributed by atoms with Gasteiger partial charge in [-0.2, -0.15) is 5.26 Å². The van der Waals surface area contributed by atoms with Crippen LogP contribution in [0.3, 0.4) is 0 Å². The molecule has 0 radical (unpaired) electrons. The normalized spacial score (nSPS) is 15.4. The van der Waals surface area contributed by atoms with Crippen LogP contribution in [0.25, 0.3) is 0 Å². The molecule has 1 aliphatic rings. The van der Waals surface area contributed by atoms with Crippen molar-refractivity contribution in [2.75, 3.05) is 11.9 Å². The highest BCUT2D eigenvalue weighted by Crippen LogP contribution is 2.33. The van der Waals surface area contributed by atoms with Crippen molar-refractivity contribution < 1.29 is 9.59 Å². The first-order valence-corrected chi connectivity index (χ1v) is 6.39. The van der Waals surface area contributed by atoms with E-state index in [1.807, 2.05) is 6.07 Å². The summed E-state index contributed by atoms with van der Waals surface area (Å²) in [6.07, 6.45) is 1.57. The summed E-state index contributed by atoms with van der Waals surface area (Å²) in [4.78, 5) is 25.4. The maximum absolute atomic E-state index is 12.2. The Bertz CT molecular complexity index is 544. The van der Waals surface area contributed by atoms with Gasteiger partial charge < -0.3 is 4.90 Å². The van der Waals surface area contributed by atoms with Crippen LogP contribution >= 0.6 is 11.6 Å². The van der Waals surface area contributed by atoms with Gasteiger partial charge in [-0.1, -0.05) is 11.6 Å². The van der Waals surface area contributed by atoms with E-state index >= 15 is 0 Å².